The Bertz CT molecular complexity index is 966. The number of sulfone groups is 1. The molecule has 2 aromatic carbocycles. The number of fused-ring (bicyclic) bond motifs is 1. The molecule has 128 valence electrons. The number of hydrogen-bond donors (Lipinski definition) is 1. The number of hydrogen-bond acceptors (Lipinski definition) is 6. The van der Waals surface area contributed by atoms with Crippen LogP contribution in [0.25, 0.3) is 0 Å². The molecule has 0 fully saturated rings. The van der Waals surface area contributed by atoms with Gasteiger partial charge in [-0.25, -0.2) is 16.8 Å². The summed E-state index contributed by atoms with van der Waals surface area (Å²) in [6.45, 7) is 0.848. The van der Waals surface area contributed by atoms with Gasteiger partial charge >= 0.3 is 0 Å². The lowest BCUT2D eigenvalue weighted by molar-refractivity contribution is 0.171. The fourth-order valence-electron chi connectivity index (χ4n) is 2.19. The molecule has 0 spiro atoms. The van der Waals surface area contributed by atoms with Gasteiger partial charge in [0.1, 0.15) is 13.2 Å². The first-order valence-corrected chi connectivity index (χ1v) is 10.4. The van der Waals surface area contributed by atoms with Gasteiger partial charge in [-0.2, -0.15) is 0 Å². The van der Waals surface area contributed by atoms with Crippen LogP contribution < -0.4 is 14.2 Å². The van der Waals surface area contributed by atoms with Crippen molar-refractivity contribution in [2.45, 2.75) is 9.79 Å². The summed E-state index contributed by atoms with van der Waals surface area (Å²) in [4.78, 5) is 0.0190. The average Bonchev–Trinajstić information content (AvgIpc) is 2.54. The molecule has 24 heavy (non-hydrogen) atoms. The van der Waals surface area contributed by atoms with Crippen LogP contribution in [0.2, 0.25) is 0 Å². The summed E-state index contributed by atoms with van der Waals surface area (Å²) in [5.41, 5.74) is 0.325. The van der Waals surface area contributed by atoms with E-state index in [0.29, 0.717) is 30.4 Å². The van der Waals surface area contributed by atoms with Gasteiger partial charge in [-0.05, 0) is 36.4 Å². The fraction of sp³-hybridized carbons (Fsp3) is 0.200. The van der Waals surface area contributed by atoms with Crippen molar-refractivity contribution in [1.29, 1.82) is 0 Å². The first-order chi connectivity index (χ1) is 11.3. The molecule has 0 saturated carbocycles. The maximum absolute atomic E-state index is 12.4. The highest BCUT2D eigenvalue weighted by molar-refractivity contribution is 7.92. The number of nitrogens with one attached hydrogen (secondary N) is 1. The van der Waals surface area contributed by atoms with Crippen LogP contribution in [0.4, 0.5) is 5.69 Å². The third-order valence-corrected chi connectivity index (χ3v) is 5.88. The summed E-state index contributed by atoms with van der Waals surface area (Å²) in [7, 11) is -7.22. The molecule has 0 atom stereocenters. The molecule has 3 rings (SSSR count). The molecule has 0 amide bonds. The van der Waals surface area contributed by atoms with Gasteiger partial charge in [0.05, 0.1) is 15.5 Å². The Morgan fingerprint density at radius 1 is 0.833 bits per heavy atom. The van der Waals surface area contributed by atoms with Gasteiger partial charge < -0.3 is 9.47 Å². The Hall–Kier alpha value is -2.26. The van der Waals surface area contributed by atoms with E-state index in [1.807, 2.05) is 0 Å². The van der Waals surface area contributed by atoms with Gasteiger partial charge in [0.25, 0.3) is 10.0 Å². The average molecular weight is 369 g/mol. The van der Waals surface area contributed by atoms with Crippen molar-refractivity contribution in [2.75, 3.05) is 24.2 Å². The SMILES string of the molecule is CS(=O)(=O)c1ccc(S(=O)(=O)Nc2ccc3c(c2)OCCO3)cc1. The summed E-state index contributed by atoms with van der Waals surface area (Å²) >= 11 is 0. The zero-order chi connectivity index (χ0) is 17.4. The predicted molar refractivity (Wildman–Crippen MR) is 87.8 cm³/mol. The molecule has 0 bridgehead atoms. The number of benzene rings is 2. The lowest BCUT2D eigenvalue weighted by Crippen LogP contribution is -2.16. The summed E-state index contributed by atoms with van der Waals surface area (Å²) < 4.78 is 60.9. The van der Waals surface area contributed by atoms with Crippen molar-refractivity contribution in [1.82, 2.24) is 0 Å². The molecule has 9 heteroatoms. The highest BCUT2D eigenvalue weighted by atomic mass is 32.2. The van der Waals surface area contributed by atoms with Gasteiger partial charge in [-0.3, -0.25) is 4.72 Å². The second-order valence-electron chi connectivity index (χ2n) is 5.21. The van der Waals surface area contributed by atoms with Crippen molar-refractivity contribution < 1.29 is 26.3 Å². The van der Waals surface area contributed by atoms with Crippen LogP contribution in [-0.2, 0) is 19.9 Å². The van der Waals surface area contributed by atoms with Crippen LogP contribution in [0.15, 0.2) is 52.3 Å². The van der Waals surface area contributed by atoms with Crippen molar-refractivity contribution in [3.8, 4) is 11.5 Å². The molecule has 1 aliphatic heterocycles. The Balaban J connectivity index is 1.86. The quantitative estimate of drug-likeness (QED) is 0.880. The lowest BCUT2D eigenvalue weighted by Gasteiger charge is -2.19. The van der Waals surface area contributed by atoms with E-state index in [1.165, 1.54) is 30.3 Å². The summed E-state index contributed by atoms with van der Waals surface area (Å²) in [6, 6.07) is 9.74. The maximum atomic E-state index is 12.4. The largest absolute Gasteiger partial charge is 0.486 e. The third kappa shape index (κ3) is 3.46. The van der Waals surface area contributed by atoms with E-state index < -0.39 is 19.9 Å². The second-order valence-corrected chi connectivity index (χ2v) is 8.91. The van der Waals surface area contributed by atoms with E-state index in [9.17, 15) is 16.8 Å². The zero-order valence-electron chi connectivity index (χ0n) is 12.7. The minimum atomic E-state index is -3.84. The van der Waals surface area contributed by atoms with E-state index in [2.05, 4.69) is 4.72 Å². The van der Waals surface area contributed by atoms with Crippen LogP contribution in [0.3, 0.4) is 0 Å². The number of ether oxygens (including phenoxy) is 2. The van der Waals surface area contributed by atoms with Crippen LogP contribution in [0.5, 0.6) is 11.5 Å². The topological polar surface area (TPSA) is 98.8 Å². The van der Waals surface area contributed by atoms with Gasteiger partial charge in [0.2, 0.25) is 0 Å². The molecule has 0 radical (unpaired) electrons. The van der Waals surface area contributed by atoms with Gasteiger partial charge in [-0.15, -0.1) is 0 Å². The monoisotopic (exact) mass is 369 g/mol. The Morgan fingerprint density at radius 2 is 1.42 bits per heavy atom. The van der Waals surface area contributed by atoms with Crippen molar-refractivity contribution in [3.05, 3.63) is 42.5 Å². The molecule has 0 aliphatic carbocycles. The van der Waals surface area contributed by atoms with Crippen molar-refractivity contribution >= 4 is 25.5 Å². The first kappa shape index (κ1) is 16.6. The normalized spacial score (nSPS) is 14.2. The Labute approximate surface area is 140 Å². The van der Waals surface area contributed by atoms with Crippen molar-refractivity contribution in [3.63, 3.8) is 0 Å². The first-order valence-electron chi connectivity index (χ1n) is 6.98. The molecular formula is C15H15NO6S2. The zero-order valence-corrected chi connectivity index (χ0v) is 14.4. The van der Waals surface area contributed by atoms with E-state index >= 15 is 0 Å². The maximum Gasteiger partial charge on any atom is 0.261 e. The molecule has 7 nitrogen and oxygen atoms in total. The van der Waals surface area contributed by atoms with Gasteiger partial charge in [0.15, 0.2) is 21.3 Å². The third-order valence-electron chi connectivity index (χ3n) is 3.36. The molecule has 0 saturated heterocycles. The minimum absolute atomic E-state index is 0.0372. The minimum Gasteiger partial charge on any atom is -0.486 e. The van der Waals surface area contributed by atoms with Crippen LogP contribution in [0, 0.1) is 0 Å². The van der Waals surface area contributed by atoms with Gasteiger partial charge in [0, 0.05) is 12.3 Å². The predicted octanol–water partition coefficient (Wildman–Crippen LogP) is 1.66. The Kier molecular flexibility index (Phi) is 4.14. The molecule has 0 aromatic heterocycles. The van der Waals surface area contributed by atoms with Crippen molar-refractivity contribution in [2.24, 2.45) is 0 Å². The van der Waals surface area contributed by atoms with E-state index in [4.69, 9.17) is 9.47 Å². The molecule has 0 unspecified atom stereocenters. The lowest BCUT2D eigenvalue weighted by atomic mass is 10.3. The van der Waals surface area contributed by atoms with Crippen LogP contribution in [-0.4, -0.2) is 36.3 Å². The summed E-state index contributed by atoms with van der Waals surface area (Å²) in [6.07, 6.45) is 1.06. The van der Waals surface area contributed by atoms with Crippen LogP contribution in [0.1, 0.15) is 0 Å². The number of anilines is 1. The molecular weight excluding hydrogens is 354 g/mol. The van der Waals surface area contributed by atoms with Crippen LogP contribution >= 0.6 is 0 Å². The summed E-state index contributed by atoms with van der Waals surface area (Å²) in [5.74, 6) is 1.02. The number of rotatable bonds is 4. The highest BCUT2D eigenvalue weighted by Gasteiger charge is 2.18. The standard InChI is InChI=1S/C15H15NO6S2/c1-23(17,18)12-3-5-13(6-4-12)24(19,20)16-11-2-7-14-15(10-11)22-9-8-21-14/h2-7,10,16H,8-9H2,1H3. The van der Waals surface area contributed by atoms with E-state index in [-0.39, 0.29) is 9.79 Å². The fourth-order valence-corrected chi connectivity index (χ4v) is 3.87. The molecule has 1 N–H and O–H groups in total. The molecule has 1 aliphatic rings. The van der Waals surface area contributed by atoms with E-state index in [1.54, 1.807) is 12.1 Å². The van der Waals surface area contributed by atoms with Gasteiger partial charge in [-0.1, -0.05) is 0 Å². The molecule has 1 heterocycles. The highest BCUT2D eigenvalue weighted by Crippen LogP contribution is 2.33. The summed E-state index contributed by atoms with van der Waals surface area (Å²) in [5, 5.41) is 0. The number of sulfonamides is 1. The Morgan fingerprint density at radius 3 is 2.04 bits per heavy atom. The van der Waals surface area contributed by atoms with E-state index in [0.717, 1.165) is 6.26 Å². The molecule has 2 aromatic rings. The smallest absolute Gasteiger partial charge is 0.261 e. The second kappa shape index (κ2) is 5.99.